The second-order valence-electron chi connectivity index (χ2n) is 14.5. The van der Waals surface area contributed by atoms with Crippen molar-refractivity contribution in [3.05, 3.63) is 112 Å². The normalized spacial score (nSPS) is 15.3. The molecule has 0 unspecified atom stereocenters. The molecule has 3 aromatic carbocycles. The lowest BCUT2D eigenvalue weighted by Crippen LogP contribution is -2.39. The average molecular weight is 747 g/mol. The molecule has 2 fully saturated rings. The fraction of sp³-hybridized carbons (Fsp3) is 0.395. The number of hydrogen-bond acceptors (Lipinski definition) is 8. The highest BCUT2D eigenvalue weighted by molar-refractivity contribution is 5.99. The highest BCUT2D eigenvalue weighted by Crippen LogP contribution is 2.34. The number of anilines is 1. The van der Waals surface area contributed by atoms with Crippen molar-refractivity contribution >= 4 is 28.5 Å². The highest BCUT2D eigenvalue weighted by atomic mass is 19.1. The first kappa shape index (κ1) is 38.1. The second-order valence-corrected chi connectivity index (χ2v) is 14.5. The van der Waals surface area contributed by atoms with Gasteiger partial charge in [-0.1, -0.05) is 37.3 Å². The Kier molecular flexibility index (Phi) is 12.1. The Morgan fingerprint density at radius 2 is 1.73 bits per heavy atom. The van der Waals surface area contributed by atoms with Crippen molar-refractivity contribution in [1.29, 1.82) is 0 Å². The topological polar surface area (TPSA) is 139 Å². The quantitative estimate of drug-likeness (QED) is 0.106. The van der Waals surface area contributed by atoms with Crippen LogP contribution in [0.3, 0.4) is 0 Å². The molecule has 5 N–H and O–H groups in total. The first-order chi connectivity index (χ1) is 26.8. The number of rotatable bonds is 14. The molecule has 4 heterocycles. The van der Waals surface area contributed by atoms with E-state index >= 15 is 4.39 Å². The third-order valence-corrected chi connectivity index (χ3v) is 10.8. The Morgan fingerprint density at radius 1 is 0.945 bits per heavy atom. The molecule has 7 rings (SSSR count). The summed E-state index contributed by atoms with van der Waals surface area (Å²) >= 11 is 0. The van der Waals surface area contributed by atoms with Crippen LogP contribution in [0.5, 0.6) is 0 Å². The molecule has 5 aromatic rings. The molecule has 0 bridgehead atoms. The van der Waals surface area contributed by atoms with Gasteiger partial charge in [0.15, 0.2) is 5.65 Å². The summed E-state index contributed by atoms with van der Waals surface area (Å²) in [6.45, 7) is 9.21. The minimum absolute atomic E-state index is 0.175. The number of nitrogens with one attached hydrogen (secondary N) is 3. The summed E-state index contributed by atoms with van der Waals surface area (Å²) in [6.07, 6.45) is 6.34. The summed E-state index contributed by atoms with van der Waals surface area (Å²) in [7, 11) is 0. The lowest BCUT2D eigenvalue weighted by Gasteiger charge is -2.29. The van der Waals surface area contributed by atoms with Crippen LogP contribution >= 0.6 is 0 Å². The van der Waals surface area contributed by atoms with Gasteiger partial charge in [0.25, 0.3) is 5.91 Å². The van der Waals surface area contributed by atoms with Gasteiger partial charge in [0.1, 0.15) is 5.82 Å². The number of nitrogens with zero attached hydrogens (tertiary/aromatic N) is 4. The van der Waals surface area contributed by atoms with Gasteiger partial charge in [-0.15, -0.1) is 0 Å². The summed E-state index contributed by atoms with van der Waals surface area (Å²) < 4.78 is 23.2. The summed E-state index contributed by atoms with van der Waals surface area (Å²) in [5, 5.41) is 16.4. The molecule has 0 radical (unpaired) electrons. The zero-order valence-electron chi connectivity index (χ0n) is 31.7. The Labute approximate surface area is 321 Å². The van der Waals surface area contributed by atoms with Crippen molar-refractivity contribution < 1.29 is 18.7 Å². The third kappa shape index (κ3) is 8.88. The van der Waals surface area contributed by atoms with Gasteiger partial charge in [0.05, 0.1) is 23.8 Å². The number of pyridine rings is 1. The Bertz CT molecular complexity index is 2140. The van der Waals surface area contributed by atoms with Crippen LogP contribution in [0.15, 0.2) is 72.9 Å². The summed E-state index contributed by atoms with van der Waals surface area (Å²) in [6, 6.07) is 20.1. The molecule has 2 amide bonds. The van der Waals surface area contributed by atoms with Gasteiger partial charge in [0.2, 0.25) is 5.91 Å². The average Bonchev–Trinajstić information content (AvgIpc) is 3.64. The maximum absolute atomic E-state index is 15.7. The van der Waals surface area contributed by atoms with E-state index in [1.54, 1.807) is 29.2 Å². The van der Waals surface area contributed by atoms with Crippen LogP contribution in [0.25, 0.3) is 22.2 Å². The number of halogens is 1. The summed E-state index contributed by atoms with van der Waals surface area (Å²) in [4.78, 5) is 33.6. The summed E-state index contributed by atoms with van der Waals surface area (Å²) in [5.41, 5.74) is 12.8. The number of carbonyl (C=O) groups is 2. The first-order valence-corrected chi connectivity index (χ1v) is 19.5. The molecule has 0 saturated carbocycles. The van der Waals surface area contributed by atoms with E-state index in [9.17, 15) is 9.59 Å². The predicted octanol–water partition coefficient (Wildman–Crippen LogP) is 6.19. The van der Waals surface area contributed by atoms with Crippen molar-refractivity contribution in [3.8, 4) is 11.1 Å². The minimum atomic E-state index is -0.614. The van der Waals surface area contributed by atoms with E-state index in [2.05, 4.69) is 34.0 Å². The van der Waals surface area contributed by atoms with Crippen LogP contribution < -0.4 is 21.7 Å². The molecule has 2 aromatic heterocycles. The van der Waals surface area contributed by atoms with Crippen LogP contribution in [0.4, 0.5) is 10.1 Å². The number of aryl methyl sites for hydroxylation is 2. The second kappa shape index (κ2) is 17.5. The first-order valence-electron chi connectivity index (χ1n) is 19.5. The molecule has 12 heteroatoms. The molecule has 288 valence electrons. The van der Waals surface area contributed by atoms with Crippen molar-refractivity contribution in [2.75, 3.05) is 31.6 Å². The number of hydrogen-bond donors (Lipinski definition) is 4. The lowest BCUT2D eigenvalue weighted by atomic mass is 9.99. The van der Waals surface area contributed by atoms with Gasteiger partial charge < -0.3 is 31.3 Å². The van der Waals surface area contributed by atoms with Crippen LogP contribution in [0, 0.1) is 5.82 Å². The maximum atomic E-state index is 15.7. The molecule has 0 atom stereocenters. The van der Waals surface area contributed by atoms with Gasteiger partial charge in [0, 0.05) is 72.9 Å². The monoisotopic (exact) mass is 746 g/mol. The largest absolute Gasteiger partial charge is 0.381 e. The van der Waals surface area contributed by atoms with Gasteiger partial charge in [-0.3, -0.25) is 9.59 Å². The maximum Gasteiger partial charge on any atom is 0.254 e. The van der Waals surface area contributed by atoms with Gasteiger partial charge in [-0.05, 0) is 105 Å². The number of piperidine rings is 1. The number of fused-ring (bicyclic) bond motifs is 1. The van der Waals surface area contributed by atoms with E-state index in [0.717, 1.165) is 83.4 Å². The highest BCUT2D eigenvalue weighted by Gasteiger charge is 2.26. The number of aromatic nitrogens is 3. The fourth-order valence-electron chi connectivity index (χ4n) is 7.71. The molecule has 2 aliphatic heterocycles. The SMILES string of the molecule is CCc1nc2c(cnn2CC)c(NC2CCOCC2)c1CN(Cc1ccc(F)c(-c2cccc(CNC3CCNCC3)c2)c1)C(=O)c1cccc(C(N)=O)c1. The third-order valence-electron chi connectivity index (χ3n) is 10.8. The number of ether oxygens (including phenoxy) is 1. The van der Waals surface area contributed by atoms with Crippen molar-refractivity contribution in [2.45, 2.75) is 84.2 Å². The predicted molar refractivity (Wildman–Crippen MR) is 213 cm³/mol. The molecule has 11 nitrogen and oxygen atoms in total. The number of benzene rings is 3. The lowest BCUT2D eigenvalue weighted by molar-refractivity contribution is 0.0729. The van der Waals surface area contributed by atoms with Crippen LogP contribution in [0.1, 0.15) is 82.6 Å². The van der Waals surface area contributed by atoms with Crippen LogP contribution in [0.2, 0.25) is 0 Å². The van der Waals surface area contributed by atoms with Gasteiger partial charge >= 0.3 is 0 Å². The summed E-state index contributed by atoms with van der Waals surface area (Å²) in [5.74, 6) is -1.24. The Hall–Kier alpha value is -5.17. The van der Waals surface area contributed by atoms with Crippen molar-refractivity contribution in [2.24, 2.45) is 5.73 Å². The molecular formula is C43H51FN8O3. The van der Waals surface area contributed by atoms with E-state index in [1.165, 1.54) is 12.1 Å². The standard InChI is InChI=1S/C43H51FN8O3/c1-3-39-37(40(49-34-15-19-55-20-16-34)36-25-48-52(4-2)42(36)50-39)27-51(43(54)32-10-6-9-31(23-32)41(45)53)26-29-11-12-38(44)35(22-29)30-8-5-7-28(21-30)24-47-33-13-17-46-18-14-33/h5-12,21-23,25,33-34,46-47H,3-4,13-20,24,26-27H2,1-2H3,(H2,45,53)(H,49,50). The molecule has 0 spiro atoms. The van der Waals surface area contributed by atoms with Gasteiger partial charge in [-0.25, -0.2) is 14.1 Å². The Balaban J connectivity index is 1.26. The number of amides is 2. The fourth-order valence-corrected chi connectivity index (χ4v) is 7.71. The minimum Gasteiger partial charge on any atom is -0.381 e. The number of carbonyl (C=O) groups excluding carboxylic acids is 2. The molecule has 2 aliphatic rings. The zero-order chi connectivity index (χ0) is 38.3. The van der Waals surface area contributed by atoms with E-state index in [-0.39, 0.29) is 36.4 Å². The van der Waals surface area contributed by atoms with Crippen LogP contribution in [-0.4, -0.2) is 69.9 Å². The Morgan fingerprint density at radius 3 is 2.49 bits per heavy atom. The van der Waals surface area contributed by atoms with E-state index in [4.69, 9.17) is 15.5 Å². The zero-order valence-corrected chi connectivity index (χ0v) is 31.7. The van der Waals surface area contributed by atoms with Crippen molar-refractivity contribution in [3.63, 3.8) is 0 Å². The molecule has 2 saturated heterocycles. The molecule has 55 heavy (non-hydrogen) atoms. The molecule has 0 aliphatic carbocycles. The van der Waals surface area contributed by atoms with Crippen LogP contribution in [-0.2, 0) is 37.3 Å². The number of nitrogens with two attached hydrogens (primary N) is 1. The van der Waals surface area contributed by atoms with E-state index in [1.807, 2.05) is 42.1 Å². The van der Waals surface area contributed by atoms with Crippen molar-refractivity contribution in [1.82, 2.24) is 30.3 Å². The number of primary amides is 1. The van der Waals surface area contributed by atoms with E-state index < -0.39 is 5.91 Å². The van der Waals surface area contributed by atoms with Gasteiger partial charge in [-0.2, -0.15) is 5.10 Å². The molecular weight excluding hydrogens is 696 g/mol. The smallest absolute Gasteiger partial charge is 0.254 e. The van der Waals surface area contributed by atoms with E-state index in [0.29, 0.717) is 49.9 Å².